The van der Waals surface area contributed by atoms with Gasteiger partial charge in [-0.2, -0.15) is 0 Å². The molecular formula is C24H26N4O3. The number of amides is 1. The van der Waals surface area contributed by atoms with Crippen LogP contribution in [0.3, 0.4) is 0 Å². The van der Waals surface area contributed by atoms with Crippen molar-refractivity contribution in [1.82, 2.24) is 19.9 Å². The van der Waals surface area contributed by atoms with Crippen LogP contribution in [-0.2, 0) is 4.74 Å². The minimum absolute atomic E-state index is 0.0217. The molecule has 1 amide bonds. The average Bonchev–Trinajstić information content (AvgIpc) is 2.85. The minimum Gasteiger partial charge on any atom is -0.473 e. The van der Waals surface area contributed by atoms with Gasteiger partial charge in [0.05, 0.1) is 5.52 Å². The number of nitrogens with zero attached hydrogens (tertiary/aromatic N) is 4. The number of para-hydroxylation sites is 1. The van der Waals surface area contributed by atoms with Gasteiger partial charge in [0.1, 0.15) is 17.5 Å². The van der Waals surface area contributed by atoms with Crippen molar-refractivity contribution in [3.8, 4) is 5.88 Å². The summed E-state index contributed by atoms with van der Waals surface area (Å²) in [4.78, 5) is 28.4. The monoisotopic (exact) mass is 418 g/mol. The van der Waals surface area contributed by atoms with Crippen LogP contribution in [-0.4, -0.2) is 58.2 Å². The van der Waals surface area contributed by atoms with Crippen molar-refractivity contribution in [3.63, 3.8) is 0 Å². The highest BCUT2D eigenvalue weighted by atomic mass is 16.5. The molecule has 0 aliphatic carbocycles. The smallest absolute Gasteiger partial charge is 0.272 e. The highest BCUT2D eigenvalue weighted by molar-refractivity contribution is 5.95. The van der Waals surface area contributed by atoms with Crippen molar-refractivity contribution in [1.29, 1.82) is 0 Å². The summed E-state index contributed by atoms with van der Waals surface area (Å²) in [5, 5.41) is 1.04. The molecule has 0 saturated carbocycles. The zero-order valence-corrected chi connectivity index (χ0v) is 17.4. The van der Waals surface area contributed by atoms with Crippen LogP contribution in [0.15, 0.2) is 48.8 Å². The number of likely N-dealkylation sites (tertiary alicyclic amines) is 1. The number of rotatable bonds is 4. The maximum absolute atomic E-state index is 13.0. The van der Waals surface area contributed by atoms with Gasteiger partial charge in [-0.3, -0.25) is 9.78 Å². The standard InChI is InChI=1S/C24H26N4O3/c29-24(21-6-5-17-3-1-2-4-20(17)27-21)28-13-7-19(8-14-28)31-23-22(25-11-12-26-23)18-9-15-30-16-10-18/h1-6,11-12,18-19H,7-10,13-16H2. The highest BCUT2D eigenvalue weighted by Crippen LogP contribution is 2.31. The van der Waals surface area contributed by atoms with Gasteiger partial charge in [0, 0.05) is 62.8 Å². The molecule has 4 heterocycles. The van der Waals surface area contributed by atoms with E-state index in [1.807, 2.05) is 41.3 Å². The summed E-state index contributed by atoms with van der Waals surface area (Å²) in [5.74, 6) is 0.945. The Bertz CT molecular complexity index is 1060. The van der Waals surface area contributed by atoms with E-state index < -0.39 is 0 Å². The van der Waals surface area contributed by atoms with Crippen LogP contribution in [0, 0.1) is 0 Å². The summed E-state index contributed by atoms with van der Waals surface area (Å²) in [5.41, 5.74) is 2.27. The lowest BCUT2D eigenvalue weighted by molar-refractivity contribution is 0.0571. The largest absolute Gasteiger partial charge is 0.473 e. The first-order valence-electron chi connectivity index (χ1n) is 11.0. The first kappa shape index (κ1) is 19.9. The SMILES string of the molecule is O=C(c1ccc2ccccc2n1)N1CCC(Oc2nccnc2C2CCOCC2)CC1. The van der Waals surface area contributed by atoms with Gasteiger partial charge in [-0.1, -0.05) is 24.3 Å². The molecule has 1 aromatic carbocycles. The Morgan fingerprint density at radius 2 is 1.74 bits per heavy atom. The van der Waals surface area contributed by atoms with Crippen LogP contribution in [0.1, 0.15) is 47.8 Å². The normalized spacial score (nSPS) is 18.3. The van der Waals surface area contributed by atoms with Crippen LogP contribution in [0.25, 0.3) is 10.9 Å². The summed E-state index contributed by atoms with van der Waals surface area (Å²) < 4.78 is 11.7. The number of hydrogen-bond donors (Lipinski definition) is 0. The number of benzene rings is 1. The molecule has 0 radical (unpaired) electrons. The highest BCUT2D eigenvalue weighted by Gasteiger charge is 2.28. The fraction of sp³-hybridized carbons (Fsp3) is 0.417. The zero-order chi connectivity index (χ0) is 21.0. The van der Waals surface area contributed by atoms with Crippen molar-refractivity contribution in [2.24, 2.45) is 0 Å². The molecule has 2 aliphatic rings. The van der Waals surface area contributed by atoms with E-state index >= 15 is 0 Å². The molecule has 2 fully saturated rings. The summed E-state index contributed by atoms with van der Waals surface area (Å²) in [7, 11) is 0. The molecule has 0 atom stereocenters. The summed E-state index contributed by atoms with van der Waals surface area (Å²) in [6.45, 7) is 2.80. The Morgan fingerprint density at radius 1 is 0.968 bits per heavy atom. The lowest BCUT2D eigenvalue weighted by atomic mass is 9.96. The van der Waals surface area contributed by atoms with Gasteiger partial charge in [0.2, 0.25) is 5.88 Å². The van der Waals surface area contributed by atoms with Gasteiger partial charge in [-0.05, 0) is 25.0 Å². The molecule has 2 aliphatic heterocycles. The molecule has 7 nitrogen and oxygen atoms in total. The van der Waals surface area contributed by atoms with Gasteiger partial charge in [0.25, 0.3) is 5.91 Å². The summed E-state index contributed by atoms with van der Waals surface area (Å²) in [6, 6.07) is 11.6. The number of fused-ring (bicyclic) bond motifs is 1. The topological polar surface area (TPSA) is 77.4 Å². The van der Waals surface area contributed by atoms with Crippen LogP contribution >= 0.6 is 0 Å². The number of hydrogen-bond acceptors (Lipinski definition) is 6. The molecule has 7 heteroatoms. The maximum Gasteiger partial charge on any atom is 0.272 e. The second-order valence-corrected chi connectivity index (χ2v) is 8.13. The zero-order valence-electron chi connectivity index (χ0n) is 17.4. The molecule has 0 unspecified atom stereocenters. The van der Waals surface area contributed by atoms with E-state index in [-0.39, 0.29) is 12.0 Å². The number of ether oxygens (including phenoxy) is 2. The van der Waals surface area contributed by atoms with Crippen molar-refractivity contribution in [2.45, 2.75) is 37.7 Å². The number of piperidine rings is 1. The molecule has 3 aromatic rings. The second kappa shape index (κ2) is 8.98. The van der Waals surface area contributed by atoms with Crippen LogP contribution in [0.4, 0.5) is 0 Å². The lowest BCUT2D eigenvalue weighted by Gasteiger charge is -2.32. The predicted octanol–water partition coefficient (Wildman–Crippen LogP) is 3.60. The molecule has 0 bridgehead atoms. The van der Waals surface area contributed by atoms with Crippen molar-refractivity contribution in [3.05, 3.63) is 60.2 Å². The van der Waals surface area contributed by atoms with Gasteiger partial charge >= 0.3 is 0 Å². The Kier molecular flexibility index (Phi) is 5.76. The van der Waals surface area contributed by atoms with Crippen molar-refractivity contribution >= 4 is 16.8 Å². The molecular weight excluding hydrogens is 392 g/mol. The molecule has 31 heavy (non-hydrogen) atoms. The third kappa shape index (κ3) is 4.37. The van der Waals surface area contributed by atoms with Crippen LogP contribution < -0.4 is 4.74 Å². The van der Waals surface area contributed by atoms with Crippen LogP contribution in [0.2, 0.25) is 0 Å². The lowest BCUT2D eigenvalue weighted by Crippen LogP contribution is -2.42. The van der Waals surface area contributed by atoms with E-state index in [1.54, 1.807) is 12.4 Å². The summed E-state index contributed by atoms with van der Waals surface area (Å²) in [6.07, 6.45) is 6.87. The van der Waals surface area contributed by atoms with Gasteiger partial charge in [-0.25, -0.2) is 9.97 Å². The first-order valence-corrected chi connectivity index (χ1v) is 11.0. The third-order valence-electron chi connectivity index (χ3n) is 6.12. The van der Waals surface area contributed by atoms with Gasteiger partial charge in [-0.15, -0.1) is 0 Å². The van der Waals surface area contributed by atoms with Crippen molar-refractivity contribution < 1.29 is 14.3 Å². The van der Waals surface area contributed by atoms with Gasteiger partial charge < -0.3 is 14.4 Å². The van der Waals surface area contributed by atoms with E-state index in [9.17, 15) is 4.79 Å². The summed E-state index contributed by atoms with van der Waals surface area (Å²) >= 11 is 0. The van der Waals surface area contributed by atoms with Crippen LogP contribution in [0.5, 0.6) is 5.88 Å². The molecule has 5 rings (SSSR count). The molecule has 160 valence electrons. The Balaban J connectivity index is 1.22. The Morgan fingerprint density at radius 3 is 2.58 bits per heavy atom. The molecule has 2 aromatic heterocycles. The number of carbonyl (C=O) groups excluding carboxylic acids is 1. The molecule has 2 saturated heterocycles. The predicted molar refractivity (Wildman–Crippen MR) is 116 cm³/mol. The number of carbonyl (C=O) groups is 1. The number of pyridine rings is 1. The van der Waals surface area contributed by atoms with Gasteiger partial charge in [0.15, 0.2) is 0 Å². The fourth-order valence-corrected chi connectivity index (χ4v) is 4.36. The second-order valence-electron chi connectivity index (χ2n) is 8.13. The first-order chi connectivity index (χ1) is 15.3. The van der Waals surface area contributed by atoms with E-state index in [1.165, 1.54) is 0 Å². The number of aromatic nitrogens is 3. The quantitative estimate of drug-likeness (QED) is 0.644. The molecule has 0 spiro atoms. The van der Waals surface area contributed by atoms with E-state index in [4.69, 9.17) is 9.47 Å². The minimum atomic E-state index is -0.0217. The fourth-order valence-electron chi connectivity index (χ4n) is 4.36. The average molecular weight is 418 g/mol. The third-order valence-corrected chi connectivity index (χ3v) is 6.12. The van der Waals surface area contributed by atoms with E-state index in [0.29, 0.717) is 30.6 Å². The van der Waals surface area contributed by atoms with E-state index in [2.05, 4.69) is 15.0 Å². The van der Waals surface area contributed by atoms with Crippen molar-refractivity contribution in [2.75, 3.05) is 26.3 Å². The van der Waals surface area contributed by atoms with E-state index in [0.717, 1.165) is 55.5 Å². The Hall–Kier alpha value is -3.06. The molecule has 0 N–H and O–H groups in total. The Labute approximate surface area is 181 Å². The maximum atomic E-state index is 13.0.